The van der Waals surface area contributed by atoms with Crippen LogP contribution in [0.25, 0.3) is 0 Å². The minimum atomic E-state index is 1.03. The Labute approximate surface area is 71.5 Å². The number of hydrogen-bond donors (Lipinski definition) is 0. The number of aryl methyl sites for hydroxylation is 1. The van der Waals surface area contributed by atoms with Gasteiger partial charge in [-0.2, -0.15) is 11.8 Å². The van der Waals surface area contributed by atoms with Crippen molar-refractivity contribution in [2.24, 2.45) is 0 Å². The molecule has 60 valence electrons. The summed E-state index contributed by atoms with van der Waals surface area (Å²) in [6, 6.07) is 0. The van der Waals surface area contributed by atoms with Crippen LogP contribution in [-0.2, 0) is 6.42 Å². The molecule has 0 aliphatic rings. The number of aromatic nitrogens is 2. The van der Waals surface area contributed by atoms with Gasteiger partial charge in [0, 0.05) is 25.0 Å². The molecule has 0 atom stereocenters. The lowest BCUT2D eigenvalue weighted by Gasteiger charge is -1.96. The molecule has 3 heteroatoms. The van der Waals surface area contributed by atoms with E-state index in [1.165, 1.54) is 5.75 Å². The number of nitrogens with zero attached hydrogens (tertiary/aromatic N) is 2. The zero-order valence-corrected chi connectivity index (χ0v) is 7.47. The molecule has 2 nitrogen and oxygen atoms in total. The number of rotatable bonds is 4. The van der Waals surface area contributed by atoms with Crippen molar-refractivity contribution in [2.75, 3.05) is 11.5 Å². The lowest BCUT2D eigenvalue weighted by atomic mass is 10.4. The highest BCUT2D eigenvalue weighted by Crippen LogP contribution is 2.02. The Bertz CT molecular complexity index is 189. The third-order valence-electron chi connectivity index (χ3n) is 1.32. The Hall–Kier alpha value is -0.570. The maximum atomic E-state index is 4.17. The van der Waals surface area contributed by atoms with Crippen LogP contribution in [0, 0.1) is 0 Å². The van der Waals surface area contributed by atoms with Crippen molar-refractivity contribution < 1.29 is 0 Å². The van der Waals surface area contributed by atoms with Crippen molar-refractivity contribution in [2.45, 2.75) is 13.3 Å². The third-order valence-corrected chi connectivity index (χ3v) is 2.22. The monoisotopic (exact) mass is 168 g/mol. The van der Waals surface area contributed by atoms with Gasteiger partial charge in [-0.1, -0.05) is 6.92 Å². The second-order valence-corrected chi connectivity index (χ2v) is 3.54. The lowest BCUT2D eigenvalue weighted by Crippen LogP contribution is -1.92. The summed E-state index contributed by atoms with van der Waals surface area (Å²) in [7, 11) is 0. The first-order valence-corrected chi connectivity index (χ1v) is 4.91. The third kappa shape index (κ3) is 3.37. The standard InChI is InChI=1S/C8H12N2S/c1-2-11-6-3-8-7-9-4-5-10-8/h4-5,7H,2-3,6H2,1H3. The summed E-state index contributed by atoms with van der Waals surface area (Å²) in [5.74, 6) is 2.33. The summed E-state index contributed by atoms with van der Waals surface area (Å²) in [6.45, 7) is 2.17. The van der Waals surface area contributed by atoms with Gasteiger partial charge in [0.15, 0.2) is 0 Å². The van der Waals surface area contributed by atoms with Gasteiger partial charge in [-0.3, -0.25) is 9.97 Å². The minimum absolute atomic E-state index is 1.03. The van der Waals surface area contributed by atoms with Gasteiger partial charge in [0.2, 0.25) is 0 Å². The van der Waals surface area contributed by atoms with E-state index in [0.29, 0.717) is 0 Å². The molecule has 0 aliphatic heterocycles. The van der Waals surface area contributed by atoms with Gasteiger partial charge < -0.3 is 0 Å². The first-order valence-electron chi connectivity index (χ1n) is 3.76. The van der Waals surface area contributed by atoms with Crippen LogP contribution in [0.4, 0.5) is 0 Å². The first-order chi connectivity index (χ1) is 5.43. The highest BCUT2D eigenvalue weighted by Gasteiger charge is 1.91. The second kappa shape index (κ2) is 5.13. The van der Waals surface area contributed by atoms with Gasteiger partial charge >= 0.3 is 0 Å². The quantitative estimate of drug-likeness (QED) is 0.641. The Morgan fingerprint density at radius 1 is 1.45 bits per heavy atom. The van der Waals surface area contributed by atoms with Gasteiger partial charge in [0.05, 0.1) is 5.69 Å². The summed E-state index contributed by atoms with van der Waals surface area (Å²) in [5.41, 5.74) is 1.09. The molecular formula is C8H12N2S. The van der Waals surface area contributed by atoms with Gasteiger partial charge in [0.25, 0.3) is 0 Å². The van der Waals surface area contributed by atoms with Gasteiger partial charge in [-0.25, -0.2) is 0 Å². The van der Waals surface area contributed by atoms with Gasteiger partial charge in [-0.15, -0.1) is 0 Å². The van der Waals surface area contributed by atoms with E-state index in [1.54, 1.807) is 12.4 Å². The second-order valence-electron chi connectivity index (χ2n) is 2.14. The molecule has 0 spiro atoms. The SMILES string of the molecule is CCSCCc1cnccn1. The van der Waals surface area contributed by atoms with Crippen molar-refractivity contribution in [3.63, 3.8) is 0 Å². The zero-order chi connectivity index (χ0) is 7.94. The predicted octanol–water partition coefficient (Wildman–Crippen LogP) is 1.77. The summed E-state index contributed by atoms with van der Waals surface area (Å²) in [4.78, 5) is 8.17. The normalized spacial score (nSPS) is 9.91. The van der Waals surface area contributed by atoms with E-state index in [9.17, 15) is 0 Å². The van der Waals surface area contributed by atoms with Crippen LogP contribution in [0.2, 0.25) is 0 Å². The average Bonchev–Trinajstić information content (AvgIpc) is 2.07. The molecular weight excluding hydrogens is 156 g/mol. The zero-order valence-electron chi connectivity index (χ0n) is 6.66. The summed E-state index contributed by atoms with van der Waals surface area (Å²) >= 11 is 1.94. The molecule has 0 unspecified atom stereocenters. The molecule has 11 heavy (non-hydrogen) atoms. The van der Waals surface area contributed by atoms with Crippen LogP contribution < -0.4 is 0 Å². The van der Waals surface area contributed by atoms with Crippen molar-refractivity contribution in [3.05, 3.63) is 24.3 Å². The van der Waals surface area contributed by atoms with Crippen LogP contribution in [0.1, 0.15) is 12.6 Å². The predicted molar refractivity (Wildman–Crippen MR) is 48.7 cm³/mol. The molecule has 1 heterocycles. The molecule has 0 bridgehead atoms. The fourth-order valence-corrected chi connectivity index (χ4v) is 1.42. The topological polar surface area (TPSA) is 25.8 Å². The molecule has 0 saturated carbocycles. The van der Waals surface area contributed by atoms with Crippen molar-refractivity contribution in [3.8, 4) is 0 Å². The van der Waals surface area contributed by atoms with Gasteiger partial charge in [-0.05, 0) is 11.5 Å². The molecule has 1 aromatic rings. The summed E-state index contributed by atoms with van der Waals surface area (Å²) < 4.78 is 0. The van der Waals surface area contributed by atoms with E-state index in [0.717, 1.165) is 17.9 Å². The molecule has 0 radical (unpaired) electrons. The van der Waals surface area contributed by atoms with Crippen molar-refractivity contribution >= 4 is 11.8 Å². The fourth-order valence-electron chi connectivity index (χ4n) is 0.780. The van der Waals surface area contributed by atoms with Crippen LogP contribution in [0.15, 0.2) is 18.6 Å². The molecule has 0 aromatic carbocycles. The highest BCUT2D eigenvalue weighted by atomic mass is 32.2. The van der Waals surface area contributed by atoms with Crippen molar-refractivity contribution in [1.82, 2.24) is 9.97 Å². The summed E-state index contributed by atoms with van der Waals surface area (Å²) in [6.07, 6.45) is 6.31. The van der Waals surface area contributed by atoms with E-state index in [2.05, 4.69) is 16.9 Å². The van der Waals surface area contributed by atoms with Crippen LogP contribution in [0.3, 0.4) is 0 Å². The van der Waals surface area contributed by atoms with E-state index >= 15 is 0 Å². The lowest BCUT2D eigenvalue weighted by molar-refractivity contribution is 1.01. The Kier molecular flexibility index (Phi) is 3.98. The Balaban J connectivity index is 2.28. The molecule has 0 aliphatic carbocycles. The minimum Gasteiger partial charge on any atom is -0.261 e. The Morgan fingerprint density at radius 2 is 2.36 bits per heavy atom. The highest BCUT2D eigenvalue weighted by molar-refractivity contribution is 7.99. The number of thioether (sulfide) groups is 1. The molecule has 1 aromatic heterocycles. The van der Waals surface area contributed by atoms with E-state index in [-0.39, 0.29) is 0 Å². The van der Waals surface area contributed by atoms with E-state index in [1.807, 2.05) is 18.0 Å². The van der Waals surface area contributed by atoms with Crippen LogP contribution >= 0.6 is 11.8 Å². The molecule has 0 saturated heterocycles. The maximum absolute atomic E-state index is 4.17. The van der Waals surface area contributed by atoms with Crippen LogP contribution in [0.5, 0.6) is 0 Å². The van der Waals surface area contributed by atoms with Gasteiger partial charge in [0.1, 0.15) is 0 Å². The first kappa shape index (κ1) is 8.53. The molecule has 1 rings (SSSR count). The van der Waals surface area contributed by atoms with E-state index < -0.39 is 0 Å². The van der Waals surface area contributed by atoms with Crippen molar-refractivity contribution in [1.29, 1.82) is 0 Å². The number of hydrogen-bond acceptors (Lipinski definition) is 3. The van der Waals surface area contributed by atoms with Crippen LogP contribution in [-0.4, -0.2) is 21.5 Å². The maximum Gasteiger partial charge on any atom is 0.0594 e. The molecule has 0 fully saturated rings. The fraction of sp³-hybridized carbons (Fsp3) is 0.500. The summed E-state index contributed by atoms with van der Waals surface area (Å²) in [5, 5.41) is 0. The Morgan fingerprint density at radius 3 is 3.00 bits per heavy atom. The average molecular weight is 168 g/mol. The smallest absolute Gasteiger partial charge is 0.0594 e. The molecule has 0 amide bonds. The van der Waals surface area contributed by atoms with E-state index in [4.69, 9.17) is 0 Å². The molecule has 0 N–H and O–H groups in total. The largest absolute Gasteiger partial charge is 0.261 e.